The minimum Gasteiger partial charge on any atom is -0.356 e. The molecular formula is C27H23ClFN5O2. The van der Waals surface area contributed by atoms with Crippen molar-refractivity contribution in [1.82, 2.24) is 15.3 Å². The van der Waals surface area contributed by atoms with Gasteiger partial charge in [-0.3, -0.25) is 9.59 Å². The number of carbonyl (C=O) groups is 2. The Morgan fingerprint density at radius 1 is 1.14 bits per heavy atom. The van der Waals surface area contributed by atoms with Crippen LogP contribution >= 0.6 is 11.6 Å². The highest BCUT2D eigenvalue weighted by atomic mass is 35.5. The molecule has 0 spiro atoms. The molecule has 1 aliphatic heterocycles. The molecule has 1 atom stereocenters. The van der Waals surface area contributed by atoms with E-state index in [9.17, 15) is 14.0 Å². The Balaban J connectivity index is 1.48. The van der Waals surface area contributed by atoms with Crippen molar-refractivity contribution in [3.8, 4) is 11.3 Å². The number of nitrogens with one attached hydrogen (secondary N) is 4. The second-order valence-electron chi connectivity index (χ2n) is 8.53. The average molecular weight is 504 g/mol. The van der Waals surface area contributed by atoms with Crippen LogP contribution in [0.25, 0.3) is 11.3 Å². The van der Waals surface area contributed by atoms with E-state index in [1.54, 1.807) is 43.5 Å². The van der Waals surface area contributed by atoms with Gasteiger partial charge in [0.1, 0.15) is 11.6 Å². The van der Waals surface area contributed by atoms with Gasteiger partial charge in [-0.2, -0.15) is 0 Å². The summed E-state index contributed by atoms with van der Waals surface area (Å²) in [6.45, 7) is 2.28. The van der Waals surface area contributed by atoms with Crippen LogP contribution in [-0.2, 0) is 11.2 Å². The molecule has 182 valence electrons. The molecule has 1 aliphatic rings. The van der Waals surface area contributed by atoms with Gasteiger partial charge >= 0.3 is 0 Å². The molecule has 0 saturated heterocycles. The molecule has 0 fully saturated rings. The van der Waals surface area contributed by atoms with E-state index in [1.165, 1.54) is 12.1 Å². The molecule has 0 bridgehead atoms. The van der Waals surface area contributed by atoms with Crippen LogP contribution in [0.4, 0.5) is 21.6 Å². The number of rotatable bonds is 6. The smallest absolute Gasteiger partial charge is 0.255 e. The predicted molar refractivity (Wildman–Crippen MR) is 138 cm³/mol. The number of carbonyl (C=O) groups excluding carboxylic acids is 2. The number of aromatic nitrogens is 2. The zero-order valence-electron chi connectivity index (χ0n) is 19.4. The number of anilines is 3. The number of amides is 2. The van der Waals surface area contributed by atoms with Crippen LogP contribution < -0.4 is 16.0 Å². The van der Waals surface area contributed by atoms with Gasteiger partial charge in [-0.1, -0.05) is 35.9 Å². The largest absolute Gasteiger partial charge is 0.356 e. The number of H-pyrrole nitrogens is 1. The van der Waals surface area contributed by atoms with Crippen LogP contribution in [0.3, 0.4) is 0 Å². The van der Waals surface area contributed by atoms with Crippen molar-refractivity contribution in [3.05, 3.63) is 94.5 Å². The molecule has 0 saturated carbocycles. The summed E-state index contributed by atoms with van der Waals surface area (Å²) >= 11 is 6.38. The fourth-order valence-electron chi connectivity index (χ4n) is 4.21. The highest BCUT2D eigenvalue weighted by molar-refractivity contribution is 6.33. The van der Waals surface area contributed by atoms with Crippen molar-refractivity contribution in [1.29, 1.82) is 0 Å². The summed E-state index contributed by atoms with van der Waals surface area (Å²) < 4.78 is 13.3. The van der Waals surface area contributed by atoms with Crippen molar-refractivity contribution in [3.63, 3.8) is 0 Å². The summed E-state index contributed by atoms with van der Waals surface area (Å²) in [5.74, 6) is -0.957. The molecular weight excluding hydrogens is 481 g/mol. The lowest BCUT2D eigenvalue weighted by molar-refractivity contribution is -0.117. The molecule has 2 aromatic heterocycles. The van der Waals surface area contributed by atoms with E-state index in [2.05, 4.69) is 25.9 Å². The number of hydrogen-bond donors (Lipinski definition) is 4. The fraction of sp³-hybridized carbons (Fsp3) is 0.148. The molecule has 4 N–H and O–H groups in total. The molecule has 0 aliphatic carbocycles. The summed E-state index contributed by atoms with van der Waals surface area (Å²) in [7, 11) is 0. The average Bonchev–Trinajstić information content (AvgIpc) is 3.25. The number of aromatic amines is 1. The summed E-state index contributed by atoms with van der Waals surface area (Å²) in [5, 5.41) is 9.56. The SMILES string of the molecule is C[C@@H](C(=O)Nc1cc(-c2[nH]c3c(c2Nc2ccccc2Cl)C(=O)NCC3)ccn1)c1ccc(F)cc1. The standard InChI is InChI=1S/C27H23ClFN5O2/c1-15(16-6-8-18(29)9-7-16)26(35)34-22-14-17(10-12-30-22)24-25(32-20-5-3-2-4-19(20)28)23-21(33-24)11-13-31-27(23)36/h2-10,12,14-15,32-33H,11,13H2,1H3,(H,31,36)(H,30,34,35)/t15-/m1/s1. The number of fused-ring (bicyclic) bond motifs is 1. The van der Waals surface area contributed by atoms with Gasteiger partial charge in [-0.05, 0) is 48.9 Å². The van der Waals surface area contributed by atoms with Crippen LogP contribution in [0, 0.1) is 5.82 Å². The molecule has 4 aromatic rings. The molecule has 36 heavy (non-hydrogen) atoms. The second-order valence-corrected chi connectivity index (χ2v) is 8.94. The lowest BCUT2D eigenvalue weighted by Crippen LogP contribution is -2.31. The Kier molecular flexibility index (Phi) is 6.43. The van der Waals surface area contributed by atoms with Crippen molar-refractivity contribution >= 4 is 40.6 Å². The lowest BCUT2D eigenvalue weighted by atomic mass is 10.0. The minimum absolute atomic E-state index is 0.177. The van der Waals surface area contributed by atoms with Gasteiger partial charge < -0.3 is 20.9 Å². The lowest BCUT2D eigenvalue weighted by Gasteiger charge is -2.16. The van der Waals surface area contributed by atoms with Gasteiger partial charge in [0.05, 0.1) is 33.6 Å². The fourth-order valence-corrected chi connectivity index (χ4v) is 4.39. The monoisotopic (exact) mass is 503 g/mol. The Labute approximate surface area is 212 Å². The van der Waals surface area contributed by atoms with Crippen LogP contribution in [-0.4, -0.2) is 28.3 Å². The molecule has 7 nitrogen and oxygen atoms in total. The maximum absolute atomic E-state index is 13.3. The van der Waals surface area contributed by atoms with Gasteiger partial charge in [0.15, 0.2) is 0 Å². The van der Waals surface area contributed by atoms with E-state index in [0.29, 0.717) is 52.0 Å². The third-order valence-corrected chi connectivity index (χ3v) is 6.49. The first-order valence-corrected chi connectivity index (χ1v) is 11.9. The van der Waals surface area contributed by atoms with Crippen molar-refractivity contribution in [2.75, 3.05) is 17.2 Å². The molecule has 9 heteroatoms. The van der Waals surface area contributed by atoms with E-state index < -0.39 is 5.92 Å². The quantitative estimate of drug-likeness (QED) is 0.273. The zero-order chi connectivity index (χ0) is 25.2. The maximum atomic E-state index is 13.3. The highest BCUT2D eigenvalue weighted by Gasteiger charge is 2.27. The van der Waals surface area contributed by atoms with Crippen LogP contribution in [0.1, 0.15) is 34.5 Å². The number of pyridine rings is 1. The highest BCUT2D eigenvalue weighted by Crippen LogP contribution is 2.38. The topological polar surface area (TPSA) is 98.9 Å². The number of para-hydroxylation sites is 1. The van der Waals surface area contributed by atoms with Gasteiger partial charge in [-0.25, -0.2) is 9.37 Å². The van der Waals surface area contributed by atoms with Crippen molar-refractivity contribution in [2.45, 2.75) is 19.3 Å². The van der Waals surface area contributed by atoms with E-state index in [1.807, 2.05) is 18.2 Å². The molecule has 2 aromatic carbocycles. The molecule has 0 radical (unpaired) electrons. The zero-order valence-corrected chi connectivity index (χ0v) is 20.1. The first kappa shape index (κ1) is 23.6. The molecule has 3 heterocycles. The van der Waals surface area contributed by atoms with Crippen LogP contribution in [0.15, 0.2) is 66.9 Å². The number of halogens is 2. The van der Waals surface area contributed by atoms with Crippen molar-refractivity contribution < 1.29 is 14.0 Å². The Morgan fingerprint density at radius 3 is 2.69 bits per heavy atom. The second kappa shape index (κ2) is 9.83. The number of benzene rings is 2. The van der Waals surface area contributed by atoms with Gasteiger partial charge in [0.25, 0.3) is 5.91 Å². The summed E-state index contributed by atoms with van der Waals surface area (Å²) in [4.78, 5) is 33.3. The number of hydrogen-bond acceptors (Lipinski definition) is 4. The van der Waals surface area contributed by atoms with E-state index >= 15 is 0 Å². The van der Waals surface area contributed by atoms with Gasteiger partial charge in [0.2, 0.25) is 5.91 Å². The Bertz CT molecular complexity index is 1450. The third kappa shape index (κ3) is 4.67. The van der Waals surface area contributed by atoms with Crippen LogP contribution in [0.5, 0.6) is 0 Å². The van der Waals surface area contributed by atoms with Crippen LogP contribution in [0.2, 0.25) is 5.02 Å². The summed E-state index contributed by atoms with van der Waals surface area (Å²) in [6, 6.07) is 16.7. The van der Waals surface area contributed by atoms with E-state index in [-0.39, 0.29) is 17.6 Å². The minimum atomic E-state index is -0.505. The predicted octanol–water partition coefficient (Wildman–Crippen LogP) is 5.64. The van der Waals surface area contributed by atoms with E-state index in [4.69, 9.17) is 11.6 Å². The first-order valence-electron chi connectivity index (χ1n) is 11.5. The Hall–Kier alpha value is -4.17. The molecule has 0 unspecified atom stereocenters. The van der Waals surface area contributed by atoms with E-state index in [0.717, 1.165) is 11.3 Å². The summed E-state index contributed by atoms with van der Waals surface area (Å²) in [6.07, 6.45) is 2.24. The van der Waals surface area contributed by atoms with Crippen molar-refractivity contribution in [2.24, 2.45) is 0 Å². The molecule has 5 rings (SSSR count). The van der Waals surface area contributed by atoms with Gasteiger partial charge in [0, 0.05) is 30.4 Å². The normalized spacial score (nSPS) is 13.5. The third-order valence-electron chi connectivity index (χ3n) is 6.16. The number of nitrogens with zero attached hydrogens (tertiary/aromatic N) is 1. The first-order chi connectivity index (χ1) is 17.4. The summed E-state index contributed by atoms with van der Waals surface area (Å²) in [5.41, 5.74) is 4.71. The van der Waals surface area contributed by atoms with Gasteiger partial charge in [-0.15, -0.1) is 0 Å². The molecule has 2 amide bonds. The Morgan fingerprint density at radius 2 is 1.92 bits per heavy atom. The maximum Gasteiger partial charge on any atom is 0.255 e.